The Labute approximate surface area is 654 Å². The number of aliphatic hydroxyl groups excluding tert-OH is 3. The minimum absolute atomic E-state index is 0.0163. The highest BCUT2D eigenvalue weighted by molar-refractivity contribution is 7.64. The van der Waals surface area contributed by atoms with E-state index in [1.807, 2.05) is 165 Å². The van der Waals surface area contributed by atoms with Crippen molar-refractivity contribution < 1.29 is 106 Å². The highest BCUT2D eigenvalue weighted by atomic mass is 31.2. The van der Waals surface area contributed by atoms with Crippen molar-refractivity contribution in [2.24, 2.45) is 53.3 Å². The molecule has 11 unspecified atom stereocenters. The molecule has 0 aromatic rings. The molecule has 0 aromatic heterocycles. The fourth-order valence-electron chi connectivity index (χ4n) is 8.13. The van der Waals surface area contributed by atoms with Crippen molar-refractivity contribution in [3.63, 3.8) is 0 Å². The molecule has 23 nitrogen and oxygen atoms in total. The topological polar surface area (TPSA) is 332 Å². The first-order chi connectivity index (χ1) is 47.0. The molecule has 34 heteroatoms. The highest BCUT2D eigenvalue weighted by Gasteiger charge is 2.31. The summed E-state index contributed by atoms with van der Waals surface area (Å²) in [6, 6.07) is 0. The van der Waals surface area contributed by atoms with Gasteiger partial charge in [0.15, 0.2) is 14.7 Å². The Hall–Kier alpha value is 1.79. The molecule has 1 heterocycles. The predicted octanol–water partition coefficient (Wildman–Crippen LogP) is 24.8. The lowest BCUT2D eigenvalue weighted by molar-refractivity contribution is 0.144. The monoisotopic (exact) mass is 1750 g/mol. The Balaban J connectivity index is -0.000000120. The van der Waals surface area contributed by atoms with Crippen LogP contribution >= 0.6 is 80.6 Å². The molecule has 0 aliphatic carbocycles. The molecule has 1 saturated heterocycles. The number of rotatable bonds is 32. The molecule has 1 rings (SSSR count). The number of allylic oxidation sites excluding steroid dienone is 1. The van der Waals surface area contributed by atoms with Gasteiger partial charge in [-0.2, -0.15) is 0 Å². The highest BCUT2D eigenvalue weighted by Crippen LogP contribution is 2.54. The van der Waals surface area contributed by atoms with Gasteiger partial charge in [0.2, 0.25) is 36.8 Å². The molecule has 3 N–H and O–H groups in total. The zero-order valence-electron chi connectivity index (χ0n) is 75.7. The Morgan fingerprint density at radius 2 is 0.689 bits per heavy atom. The van der Waals surface area contributed by atoms with Crippen molar-refractivity contribution in [3.05, 3.63) is 11.9 Å². The van der Waals surface area contributed by atoms with E-state index in [4.69, 9.17) is 40.7 Å². The minimum Gasteiger partial charge on any atom is -0.385 e. The molecule has 654 valence electrons. The molecule has 0 aromatic carbocycles. The summed E-state index contributed by atoms with van der Waals surface area (Å²) in [6.45, 7) is 79.9. The molecular formula is C72H173O23P11. The molecule has 1 fully saturated rings. The van der Waals surface area contributed by atoms with Crippen LogP contribution in [0.1, 0.15) is 200 Å². The van der Waals surface area contributed by atoms with Gasteiger partial charge in [-0.05, 0) is 140 Å². The lowest BCUT2D eigenvalue weighted by atomic mass is 10.2. The molecule has 106 heavy (non-hydrogen) atoms. The van der Waals surface area contributed by atoms with Crippen LogP contribution in [-0.2, 0) is 90.9 Å². The van der Waals surface area contributed by atoms with Crippen LogP contribution in [0.4, 0.5) is 0 Å². The van der Waals surface area contributed by atoms with E-state index < -0.39 is 98.1 Å². The summed E-state index contributed by atoms with van der Waals surface area (Å²) in [5.74, 6) is 2.52. The molecule has 0 amide bonds. The van der Waals surface area contributed by atoms with Crippen LogP contribution in [0.3, 0.4) is 0 Å². The maximum atomic E-state index is 11.7. The van der Waals surface area contributed by atoms with Crippen molar-refractivity contribution >= 4 is 80.6 Å². The number of hydrogen-bond acceptors (Lipinski definition) is 23. The first-order valence-electron chi connectivity index (χ1n) is 37.6. The molecular weight excluding hydrogens is 1570 g/mol. The average molecular weight is 1750 g/mol. The van der Waals surface area contributed by atoms with Gasteiger partial charge in [0, 0.05) is 96.3 Å². The summed E-state index contributed by atoms with van der Waals surface area (Å²) in [5, 5.41) is 27.8. The van der Waals surface area contributed by atoms with E-state index in [9.17, 15) is 65.5 Å². The second kappa shape index (κ2) is 64.8. The molecule has 0 saturated carbocycles. The SMILES string of the molecule is CC(C)C(O)P(C)(C)=O.CC(C)C(O)P(C)(C)=O.CC(C)CP(C)(C)=O.CC(C)CP1(=O)OCCCO1.CCOP(C)(=O)/C=C/C(C)C.CCOP(C)(=O)C(C)C.CCOP(C)(=O)C(C)C(C)C.CCOP(C)(=O)C(O)C(C)C.CCOP(C)(=O)CC(C)C.COP(C)(=O)C(C)C.COP(C)(=O)CC(C)C. The van der Waals surface area contributed by atoms with Gasteiger partial charge in [0.1, 0.15) is 31.8 Å². The molecule has 11 atom stereocenters. The summed E-state index contributed by atoms with van der Waals surface area (Å²) in [7, 11) is -22.5. The largest absolute Gasteiger partial charge is 0.385 e. The lowest BCUT2D eigenvalue weighted by Gasteiger charge is -2.23. The predicted molar refractivity (Wildman–Crippen MR) is 469 cm³/mol. The van der Waals surface area contributed by atoms with Crippen molar-refractivity contribution in [2.75, 3.05) is 172 Å². The van der Waals surface area contributed by atoms with Gasteiger partial charge in [0.05, 0.1) is 59.6 Å². The van der Waals surface area contributed by atoms with Gasteiger partial charge in [-0.15, -0.1) is 0 Å². The summed E-state index contributed by atoms with van der Waals surface area (Å²) in [4.78, 5) is 0. The molecule has 1 aliphatic rings. The summed E-state index contributed by atoms with van der Waals surface area (Å²) in [5.41, 5.74) is 0.465. The maximum Gasteiger partial charge on any atom is 0.330 e. The van der Waals surface area contributed by atoms with Gasteiger partial charge in [-0.25, -0.2) is 0 Å². The van der Waals surface area contributed by atoms with Gasteiger partial charge in [-0.3, -0.25) is 36.5 Å². The first-order valence-corrected chi connectivity index (χ1v) is 62.7. The van der Waals surface area contributed by atoms with Crippen LogP contribution in [0.2, 0.25) is 0 Å². The molecule has 0 spiro atoms. The van der Waals surface area contributed by atoms with Crippen molar-refractivity contribution in [1.29, 1.82) is 0 Å². The van der Waals surface area contributed by atoms with Gasteiger partial charge < -0.3 is 69.7 Å². The number of hydrogen-bond donors (Lipinski definition) is 3. The van der Waals surface area contributed by atoms with E-state index in [1.165, 1.54) is 20.9 Å². The Morgan fingerprint density at radius 3 is 0.877 bits per heavy atom. The first kappa shape index (κ1) is 129. The van der Waals surface area contributed by atoms with Crippen molar-refractivity contribution in [1.82, 2.24) is 0 Å². The third kappa shape index (κ3) is 86.6. The van der Waals surface area contributed by atoms with Crippen LogP contribution in [0, 0.1) is 53.3 Å². The third-order valence-corrected chi connectivity index (χ3v) is 38.2. The Bertz CT molecular complexity index is 2630. The van der Waals surface area contributed by atoms with Gasteiger partial charge in [-0.1, -0.05) is 165 Å². The maximum absolute atomic E-state index is 11.7. The van der Waals surface area contributed by atoms with Crippen molar-refractivity contribution in [2.45, 2.75) is 235 Å². The second-order valence-corrected chi connectivity index (χ2v) is 64.1. The Morgan fingerprint density at radius 1 is 0.377 bits per heavy atom. The van der Waals surface area contributed by atoms with Crippen LogP contribution in [0.5, 0.6) is 0 Å². The van der Waals surface area contributed by atoms with E-state index in [1.54, 1.807) is 79.4 Å². The third-order valence-electron chi connectivity index (χ3n) is 14.2. The minimum atomic E-state index is -2.78. The van der Waals surface area contributed by atoms with Gasteiger partial charge in [0.25, 0.3) is 0 Å². The summed E-state index contributed by atoms with van der Waals surface area (Å²) in [6.07, 6.45) is 5.59. The van der Waals surface area contributed by atoms with E-state index in [0.29, 0.717) is 100 Å². The van der Waals surface area contributed by atoms with Crippen molar-refractivity contribution in [3.8, 4) is 0 Å². The Kier molecular flexibility index (Phi) is 78.6. The fourth-order valence-corrected chi connectivity index (χ4v) is 24.3. The quantitative estimate of drug-likeness (QED) is 0.0527. The summed E-state index contributed by atoms with van der Waals surface area (Å²) >= 11 is 0. The smallest absolute Gasteiger partial charge is 0.330 e. The number of aliphatic hydroxyl groups is 3. The average Bonchev–Trinajstić information content (AvgIpc) is 0.878. The normalized spacial score (nSPS) is 18.2. The van der Waals surface area contributed by atoms with E-state index in [-0.39, 0.29) is 34.7 Å². The standard InChI is InChI=1S/C8H19O2P.C8H17O2P.C7H15O3P.C7H17O3P.C7H17O2P.4C6H15O2P.C6H15OP.C5H13O2P/c1-6-10-11(5,9)8(4)7(2)3;1-5-10-11(4,9)7-6-8(2)3;1-7(2)6-11(8)9-4-3-5-10-11;1-5-10-11(4,9)7(8)6(2)3;1-5-9-10(4,8)6-7(2)3;1-6(2)5-9(4,7)8-3;1-5-8-9(4,7)6(2)3;2*1-5(2)6(7)9(3,4)8;1-6(2)5-8(3,4)7;1-5(2)8(4,6)7-3/h7-8H,6H2,1-5H3;6-8H,5H2,1-4H3;7H,3-6H2,1-2H3;6-8H,5H2,1-4H3;7H,5-6H2,1-4H3;2*6H,5H2,1-4H3;2*5-7H,1-4H3;6H,5H2,1-4H3;5H,1-4H3/b;7-6+;;;;;;;;;. The molecule has 0 radical (unpaired) electrons. The fraction of sp³-hybridized carbons (Fsp3) is 0.972. The van der Waals surface area contributed by atoms with Gasteiger partial charge >= 0.3 is 7.60 Å². The van der Waals surface area contributed by atoms with E-state index >= 15 is 0 Å². The van der Waals surface area contributed by atoms with Crippen LogP contribution in [-0.4, -0.2) is 222 Å². The van der Waals surface area contributed by atoms with Crippen LogP contribution in [0.25, 0.3) is 0 Å². The zero-order chi connectivity index (χ0) is 87.4. The van der Waals surface area contributed by atoms with Crippen LogP contribution in [0.15, 0.2) is 11.9 Å². The molecule has 1 aliphatic heterocycles. The van der Waals surface area contributed by atoms with Crippen LogP contribution < -0.4 is 0 Å². The van der Waals surface area contributed by atoms with E-state index in [0.717, 1.165) is 12.6 Å². The summed E-state index contributed by atoms with van der Waals surface area (Å²) < 4.78 is 170. The molecule has 0 bridgehead atoms. The second-order valence-electron chi connectivity index (χ2n) is 32.1. The zero-order valence-corrected chi connectivity index (χ0v) is 85.6. The van der Waals surface area contributed by atoms with E-state index in [2.05, 4.69) is 41.5 Å². The lowest BCUT2D eigenvalue weighted by Crippen LogP contribution is -2.16.